The maximum Gasteiger partial charge on any atom is 0.0272 e. The van der Waals surface area contributed by atoms with Gasteiger partial charge in [0.05, 0.1) is 0 Å². The van der Waals surface area contributed by atoms with E-state index in [0.29, 0.717) is 0 Å². The van der Waals surface area contributed by atoms with E-state index in [1.54, 1.807) is 0 Å². The molecule has 0 saturated carbocycles. The maximum atomic E-state index is 3.38. The number of nitrogens with one attached hydrogen (secondary N) is 1. The van der Waals surface area contributed by atoms with E-state index < -0.39 is 0 Å². The molecule has 2 nitrogen and oxygen atoms in total. The van der Waals surface area contributed by atoms with Gasteiger partial charge in [-0.2, -0.15) is 0 Å². The number of fused-ring (bicyclic) bond motifs is 1. The number of hydrogen-bond donors (Lipinski definition) is 1. The quantitative estimate of drug-likeness (QED) is 0.482. The van der Waals surface area contributed by atoms with E-state index in [1.165, 1.54) is 25.9 Å². The summed E-state index contributed by atoms with van der Waals surface area (Å²) in [5, 5.41) is 3.38. The predicted octanol–water partition coefficient (Wildman–Crippen LogP) is 0.562. The lowest BCUT2D eigenvalue weighted by atomic mass is 10.2. The Balaban J connectivity index is 2.04. The summed E-state index contributed by atoms with van der Waals surface area (Å²) in [7, 11) is 0.926. The minimum absolute atomic E-state index is 0.910. The molecule has 0 amide bonds. The lowest BCUT2D eigenvalue weighted by Crippen LogP contribution is -2.18. The van der Waals surface area contributed by atoms with Gasteiger partial charge in [0, 0.05) is 28.0 Å². The van der Waals surface area contributed by atoms with Gasteiger partial charge in [0.1, 0.15) is 0 Å². The van der Waals surface area contributed by atoms with E-state index in [0.717, 1.165) is 14.9 Å². The third kappa shape index (κ3) is 0.680. The Morgan fingerprint density at radius 1 is 1.62 bits per heavy atom. The van der Waals surface area contributed by atoms with Crippen molar-refractivity contribution < 1.29 is 0 Å². The fourth-order valence-electron chi connectivity index (χ4n) is 1.46. The minimum atomic E-state index is 0.910. The lowest BCUT2D eigenvalue weighted by Gasteiger charge is -2.09. The number of hydrogen-bond acceptors (Lipinski definition) is 2. The van der Waals surface area contributed by atoms with Gasteiger partial charge in [-0.25, -0.2) is 0 Å². The normalized spacial score (nSPS) is 41.2. The molecule has 2 rings (SSSR count). The van der Waals surface area contributed by atoms with E-state index in [-0.39, 0.29) is 0 Å². The third-order valence-electron chi connectivity index (χ3n) is 1.94. The zero-order chi connectivity index (χ0) is 5.40. The second kappa shape index (κ2) is 1.94. The summed E-state index contributed by atoms with van der Waals surface area (Å²) in [5.41, 5.74) is 0. The van der Waals surface area contributed by atoms with Crippen LogP contribution >= 0.6 is 8.88 Å². The van der Waals surface area contributed by atoms with Gasteiger partial charge in [0.15, 0.2) is 0 Å². The first-order valence-corrected chi connectivity index (χ1v) is 4.17. The van der Waals surface area contributed by atoms with Crippen molar-refractivity contribution in [2.45, 2.75) is 18.9 Å². The zero-order valence-corrected chi connectivity index (χ0v) is 5.85. The van der Waals surface area contributed by atoms with Crippen molar-refractivity contribution in [1.29, 1.82) is 0 Å². The van der Waals surface area contributed by atoms with Crippen LogP contribution in [0.3, 0.4) is 0 Å². The summed E-state index contributed by atoms with van der Waals surface area (Å²) in [6.45, 7) is 2.59. The van der Waals surface area contributed by atoms with Crippen molar-refractivity contribution >= 4 is 8.88 Å². The van der Waals surface area contributed by atoms with E-state index in [9.17, 15) is 0 Å². The molecule has 1 N–H and O–H groups in total. The van der Waals surface area contributed by atoms with Crippen molar-refractivity contribution in [3.63, 3.8) is 0 Å². The molecule has 3 heteroatoms. The van der Waals surface area contributed by atoms with Crippen LogP contribution in [0.1, 0.15) is 12.8 Å². The Kier molecular flexibility index (Phi) is 1.25. The number of rotatable bonds is 0. The smallest absolute Gasteiger partial charge is 0.0272 e. The lowest BCUT2D eigenvalue weighted by molar-refractivity contribution is 0.467. The predicted molar refractivity (Wildman–Crippen MR) is 36.0 cm³/mol. The van der Waals surface area contributed by atoms with Crippen LogP contribution in [-0.2, 0) is 0 Å². The molecular weight excluding hydrogens is 119 g/mol. The molecule has 0 aromatic heterocycles. The highest BCUT2D eigenvalue weighted by Crippen LogP contribution is 2.31. The van der Waals surface area contributed by atoms with Gasteiger partial charge < -0.3 is 0 Å². The Labute approximate surface area is 51.5 Å². The first-order chi connectivity index (χ1) is 3.97. The molecule has 0 bridgehead atoms. The Morgan fingerprint density at radius 3 is 3.50 bits per heavy atom. The van der Waals surface area contributed by atoms with Gasteiger partial charge >= 0.3 is 0 Å². The molecule has 2 fully saturated rings. The molecule has 0 aliphatic carbocycles. The van der Waals surface area contributed by atoms with Gasteiger partial charge in [0.2, 0.25) is 0 Å². The summed E-state index contributed by atoms with van der Waals surface area (Å²) in [6.07, 6.45) is 2.86. The first-order valence-electron chi connectivity index (χ1n) is 3.22. The van der Waals surface area contributed by atoms with Gasteiger partial charge in [-0.05, 0) is 12.8 Å². The summed E-state index contributed by atoms with van der Waals surface area (Å²) in [6, 6.07) is 0.910. The molecule has 2 heterocycles. The van der Waals surface area contributed by atoms with E-state index in [1.807, 2.05) is 0 Å². The van der Waals surface area contributed by atoms with Gasteiger partial charge in [-0.1, -0.05) is 0 Å². The molecule has 8 heavy (non-hydrogen) atoms. The standard InChI is InChI=1S/C5H11N2P/c1-2-5-4-6-8-7(5)3-1/h5-6,8H,1-4H2. The average Bonchev–Trinajstić information content (AvgIpc) is 2.15. The molecule has 0 aromatic carbocycles. The second-order valence-corrected chi connectivity index (χ2v) is 3.63. The van der Waals surface area contributed by atoms with Crippen LogP contribution in [0.25, 0.3) is 0 Å². The van der Waals surface area contributed by atoms with Crippen LogP contribution in [0.4, 0.5) is 0 Å². The summed E-state index contributed by atoms with van der Waals surface area (Å²) in [5.74, 6) is 0. The summed E-state index contributed by atoms with van der Waals surface area (Å²) < 4.78 is 2.56. The Hall–Kier alpha value is 0.350. The van der Waals surface area contributed by atoms with Crippen LogP contribution in [0.2, 0.25) is 0 Å². The average molecular weight is 130 g/mol. The van der Waals surface area contributed by atoms with Crippen molar-refractivity contribution in [2.75, 3.05) is 13.1 Å². The molecule has 2 unspecified atom stereocenters. The number of nitrogens with zero attached hydrogens (tertiary/aromatic N) is 1. The largest absolute Gasteiger partial charge is 0.284 e. The Bertz CT molecular complexity index is 76.4. The van der Waals surface area contributed by atoms with Gasteiger partial charge in [-0.15, -0.1) is 0 Å². The molecule has 0 radical (unpaired) electrons. The van der Waals surface area contributed by atoms with E-state index in [4.69, 9.17) is 0 Å². The van der Waals surface area contributed by atoms with Crippen LogP contribution in [0.5, 0.6) is 0 Å². The zero-order valence-electron chi connectivity index (χ0n) is 4.85. The Morgan fingerprint density at radius 2 is 2.62 bits per heavy atom. The highest BCUT2D eigenvalue weighted by atomic mass is 31.1. The highest BCUT2D eigenvalue weighted by Gasteiger charge is 2.28. The van der Waals surface area contributed by atoms with Crippen molar-refractivity contribution in [3.05, 3.63) is 0 Å². The van der Waals surface area contributed by atoms with Gasteiger partial charge in [0.25, 0.3) is 0 Å². The van der Waals surface area contributed by atoms with Crippen LogP contribution in [0, 0.1) is 0 Å². The highest BCUT2D eigenvalue weighted by molar-refractivity contribution is 7.33. The van der Waals surface area contributed by atoms with Crippen molar-refractivity contribution in [3.8, 4) is 0 Å². The van der Waals surface area contributed by atoms with Crippen molar-refractivity contribution in [1.82, 2.24) is 9.76 Å². The second-order valence-electron chi connectivity index (χ2n) is 2.48. The monoisotopic (exact) mass is 130 g/mol. The van der Waals surface area contributed by atoms with E-state index in [2.05, 4.69) is 9.76 Å². The molecule has 2 saturated heterocycles. The van der Waals surface area contributed by atoms with Crippen LogP contribution in [0.15, 0.2) is 0 Å². The van der Waals surface area contributed by atoms with Gasteiger partial charge in [-0.3, -0.25) is 9.76 Å². The SMILES string of the molecule is C1CC2CNPN2C1. The molecule has 2 aliphatic rings. The molecule has 0 spiro atoms. The van der Waals surface area contributed by atoms with Crippen LogP contribution < -0.4 is 5.09 Å². The summed E-state index contributed by atoms with van der Waals surface area (Å²) >= 11 is 0. The fraction of sp³-hybridized carbons (Fsp3) is 1.00. The molecular formula is C5H11N2P. The van der Waals surface area contributed by atoms with Crippen LogP contribution in [-0.4, -0.2) is 23.8 Å². The van der Waals surface area contributed by atoms with E-state index >= 15 is 0 Å². The summed E-state index contributed by atoms with van der Waals surface area (Å²) in [4.78, 5) is 0. The third-order valence-corrected chi connectivity index (χ3v) is 3.18. The molecule has 46 valence electrons. The van der Waals surface area contributed by atoms with Crippen molar-refractivity contribution in [2.24, 2.45) is 0 Å². The molecule has 0 aromatic rings. The topological polar surface area (TPSA) is 15.3 Å². The maximum absolute atomic E-state index is 3.38. The molecule has 2 atom stereocenters. The first kappa shape index (κ1) is 5.16. The minimum Gasteiger partial charge on any atom is -0.284 e. The fourth-order valence-corrected chi connectivity index (χ4v) is 2.66. The molecule has 2 aliphatic heterocycles.